The maximum Gasteiger partial charge on any atom is 0.0108 e. The van der Waals surface area contributed by atoms with Gasteiger partial charge in [-0.2, -0.15) is 0 Å². The summed E-state index contributed by atoms with van der Waals surface area (Å²) in [6, 6.07) is 7.19. The largest absolute Gasteiger partial charge is 0.314 e. The van der Waals surface area contributed by atoms with E-state index >= 15 is 0 Å². The molecule has 0 spiro atoms. The highest BCUT2D eigenvalue weighted by atomic mass is 15.2. The minimum absolute atomic E-state index is 0.661. The van der Waals surface area contributed by atoms with E-state index in [1.807, 2.05) is 0 Å². The summed E-state index contributed by atoms with van der Waals surface area (Å²) in [6.07, 6.45) is 3.94. The lowest BCUT2D eigenvalue weighted by Crippen LogP contribution is -2.44. The number of benzene rings is 1. The normalized spacial score (nSPS) is 21.8. The molecule has 2 nitrogen and oxygen atoms in total. The van der Waals surface area contributed by atoms with E-state index in [4.69, 9.17) is 0 Å². The molecule has 98 valence electrons. The van der Waals surface area contributed by atoms with Crippen molar-refractivity contribution in [3.05, 3.63) is 34.9 Å². The minimum atomic E-state index is 0.661. The predicted octanol–water partition coefficient (Wildman–Crippen LogP) is 2.18. The fourth-order valence-electron chi connectivity index (χ4n) is 3.28. The first-order valence-corrected chi connectivity index (χ1v) is 7.38. The highest BCUT2D eigenvalue weighted by Crippen LogP contribution is 2.26. The monoisotopic (exact) mass is 244 g/mol. The SMILES string of the molecule is CC(CN1CCNCC1)c1ccc2c(c1)CCC2. The van der Waals surface area contributed by atoms with Crippen LogP contribution in [-0.2, 0) is 12.8 Å². The second kappa shape index (κ2) is 5.41. The third kappa shape index (κ3) is 2.60. The summed E-state index contributed by atoms with van der Waals surface area (Å²) < 4.78 is 0. The smallest absolute Gasteiger partial charge is 0.0108 e. The van der Waals surface area contributed by atoms with Crippen LogP contribution in [0.15, 0.2) is 18.2 Å². The first kappa shape index (κ1) is 12.2. The molecule has 1 N–H and O–H groups in total. The second-order valence-electron chi connectivity index (χ2n) is 5.83. The summed E-state index contributed by atoms with van der Waals surface area (Å²) in [5.41, 5.74) is 4.74. The first-order chi connectivity index (χ1) is 8.83. The molecular weight excluding hydrogens is 220 g/mol. The van der Waals surface area contributed by atoms with Gasteiger partial charge in [0.25, 0.3) is 0 Å². The van der Waals surface area contributed by atoms with Crippen molar-refractivity contribution in [3.63, 3.8) is 0 Å². The van der Waals surface area contributed by atoms with Gasteiger partial charge in [-0.05, 0) is 41.9 Å². The number of nitrogens with one attached hydrogen (secondary N) is 1. The number of nitrogens with zero attached hydrogens (tertiary/aromatic N) is 1. The van der Waals surface area contributed by atoms with Crippen LogP contribution in [0, 0.1) is 0 Å². The van der Waals surface area contributed by atoms with E-state index < -0.39 is 0 Å². The second-order valence-corrected chi connectivity index (χ2v) is 5.83. The average molecular weight is 244 g/mol. The Morgan fingerprint density at radius 2 is 1.94 bits per heavy atom. The summed E-state index contributed by atoms with van der Waals surface area (Å²) in [5, 5.41) is 3.42. The zero-order chi connectivity index (χ0) is 12.4. The molecule has 1 aliphatic carbocycles. The molecule has 3 rings (SSSR count). The molecule has 1 saturated heterocycles. The van der Waals surface area contributed by atoms with Crippen molar-refractivity contribution in [2.24, 2.45) is 0 Å². The molecule has 18 heavy (non-hydrogen) atoms. The van der Waals surface area contributed by atoms with Crippen LogP contribution >= 0.6 is 0 Å². The predicted molar refractivity (Wildman–Crippen MR) is 76.2 cm³/mol. The molecule has 0 saturated carbocycles. The number of hydrogen-bond acceptors (Lipinski definition) is 2. The fourth-order valence-corrected chi connectivity index (χ4v) is 3.28. The molecule has 0 amide bonds. The van der Waals surface area contributed by atoms with Crippen LogP contribution in [-0.4, -0.2) is 37.6 Å². The highest BCUT2D eigenvalue weighted by molar-refractivity contribution is 5.36. The summed E-state index contributed by atoms with van der Waals surface area (Å²) in [4.78, 5) is 2.59. The Morgan fingerprint density at radius 3 is 2.78 bits per heavy atom. The Hall–Kier alpha value is -0.860. The topological polar surface area (TPSA) is 15.3 Å². The van der Waals surface area contributed by atoms with Crippen molar-refractivity contribution in [3.8, 4) is 0 Å². The van der Waals surface area contributed by atoms with Gasteiger partial charge in [-0.25, -0.2) is 0 Å². The molecule has 1 aromatic carbocycles. The molecule has 1 atom stereocenters. The van der Waals surface area contributed by atoms with Gasteiger partial charge in [-0.1, -0.05) is 25.1 Å². The van der Waals surface area contributed by atoms with Gasteiger partial charge in [-0.15, -0.1) is 0 Å². The Balaban J connectivity index is 1.66. The highest BCUT2D eigenvalue weighted by Gasteiger charge is 2.16. The molecule has 0 radical (unpaired) electrons. The lowest BCUT2D eigenvalue weighted by Gasteiger charge is -2.30. The van der Waals surface area contributed by atoms with Crippen molar-refractivity contribution in [1.82, 2.24) is 10.2 Å². The lowest BCUT2D eigenvalue weighted by molar-refractivity contribution is 0.230. The van der Waals surface area contributed by atoms with Crippen molar-refractivity contribution in [1.29, 1.82) is 0 Å². The van der Waals surface area contributed by atoms with Crippen molar-refractivity contribution >= 4 is 0 Å². The van der Waals surface area contributed by atoms with Gasteiger partial charge in [0, 0.05) is 32.7 Å². The number of hydrogen-bond donors (Lipinski definition) is 1. The van der Waals surface area contributed by atoms with Crippen LogP contribution < -0.4 is 5.32 Å². The Labute approximate surface area is 110 Å². The molecule has 1 aromatic rings. The summed E-state index contributed by atoms with van der Waals surface area (Å²) in [7, 11) is 0. The zero-order valence-corrected chi connectivity index (χ0v) is 11.4. The van der Waals surface area contributed by atoms with E-state index in [9.17, 15) is 0 Å². The van der Waals surface area contributed by atoms with Gasteiger partial charge < -0.3 is 10.2 Å². The molecular formula is C16H24N2. The average Bonchev–Trinajstić information content (AvgIpc) is 2.87. The van der Waals surface area contributed by atoms with Gasteiger partial charge in [0.2, 0.25) is 0 Å². The maximum absolute atomic E-state index is 3.42. The zero-order valence-electron chi connectivity index (χ0n) is 11.4. The summed E-state index contributed by atoms with van der Waals surface area (Å²) >= 11 is 0. The van der Waals surface area contributed by atoms with E-state index in [1.165, 1.54) is 44.5 Å². The van der Waals surface area contributed by atoms with Crippen LogP contribution in [0.4, 0.5) is 0 Å². The Kier molecular flexibility index (Phi) is 3.67. The van der Waals surface area contributed by atoms with Crippen LogP contribution in [0.1, 0.15) is 36.0 Å². The number of piperazine rings is 1. The van der Waals surface area contributed by atoms with Crippen LogP contribution in [0.3, 0.4) is 0 Å². The molecule has 2 heteroatoms. The molecule has 1 heterocycles. The Morgan fingerprint density at radius 1 is 1.17 bits per heavy atom. The van der Waals surface area contributed by atoms with E-state index in [2.05, 4.69) is 35.3 Å². The van der Waals surface area contributed by atoms with E-state index in [0.29, 0.717) is 5.92 Å². The number of fused-ring (bicyclic) bond motifs is 1. The van der Waals surface area contributed by atoms with Gasteiger partial charge in [0.15, 0.2) is 0 Å². The minimum Gasteiger partial charge on any atom is -0.314 e. The fraction of sp³-hybridized carbons (Fsp3) is 0.625. The summed E-state index contributed by atoms with van der Waals surface area (Å²) in [5.74, 6) is 0.661. The first-order valence-electron chi connectivity index (χ1n) is 7.38. The van der Waals surface area contributed by atoms with Gasteiger partial charge in [-0.3, -0.25) is 0 Å². The molecule has 1 unspecified atom stereocenters. The molecule has 1 aliphatic heterocycles. The maximum atomic E-state index is 3.42. The third-order valence-corrected chi connectivity index (χ3v) is 4.43. The van der Waals surface area contributed by atoms with E-state index in [-0.39, 0.29) is 0 Å². The number of rotatable bonds is 3. The third-order valence-electron chi connectivity index (χ3n) is 4.43. The van der Waals surface area contributed by atoms with Gasteiger partial charge in [0.05, 0.1) is 0 Å². The number of aryl methyl sites for hydroxylation is 2. The van der Waals surface area contributed by atoms with Crippen molar-refractivity contribution < 1.29 is 0 Å². The van der Waals surface area contributed by atoms with Crippen molar-refractivity contribution in [2.45, 2.75) is 32.1 Å². The van der Waals surface area contributed by atoms with Gasteiger partial charge in [0.1, 0.15) is 0 Å². The quantitative estimate of drug-likeness (QED) is 0.877. The van der Waals surface area contributed by atoms with Gasteiger partial charge >= 0.3 is 0 Å². The van der Waals surface area contributed by atoms with Crippen LogP contribution in [0.2, 0.25) is 0 Å². The molecule has 2 aliphatic rings. The van der Waals surface area contributed by atoms with Crippen LogP contribution in [0.25, 0.3) is 0 Å². The van der Waals surface area contributed by atoms with E-state index in [0.717, 1.165) is 13.1 Å². The lowest BCUT2D eigenvalue weighted by atomic mass is 9.96. The Bertz CT molecular complexity index is 408. The molecule has 0 aromatic heterocycles. The van der Waals surface area contributed by atoms with E-state index in [1.54, 1.807) is 11.1 Å². The molecule has 0 bridgehead atoms. The standard InChI is InChI=1S/C16H24N2/c1-13(12-18-9-7-17-8-10-18)15-6-5-14-3-2-4-16(14)11-15/h5-6,11,13,17H,2-4,7-10,12H2,1H3. The summed E-state index contributed by atoms with van der Waals surface area (Å²) in [6.45, 7) is 8.29. The van der Waals surface area contributed by atoms with Crippen LogP contribution in [0.5, 0.6) is 0 Å². The van der Waals surface area contributed by atoms with Crippen molar-refractivity contribution in [2.75, 3.05) is 32.7 Å². The molecule has 1 fully saturated rings.